The highest BCUT2D eigenvalue weighted by Crippen LogP contribution is 2.35. The number of hydrogen-bond acceptors (Lipinski definition) is 3. The summed E-state index contributed by atoms with van der Waals surface area (Å²) in [7, 11) is 0. The van der Waals surface area contributed by atoms with Crippen LogP contribution in [-0.4, -0.2) is 19.8 Å². The van der Waals surface area contributed by atoms with E-state index in [4.69, 9.17) is 14.2 Å². The second-order valence-corrected chi connectivity index (χ2v) is 6.02. The molecule has 3 nitrogen and oxygen atoms in total. The van der Waals surface area contributed by atoms with Crippen molar-refractivity contribution in [1.82, 2.24) is 0 Å². The second kappa shape index (κ2) is 5.56. The van der Waals surface area contributed by atoms with Crippen molar-refractivity contribution in [2.24, 2.45) is 0 Å². The quantitative estimate of drug-likeness (QED) is 0.846. The third kappa shape index (κ3) is 2.52. The van der Waals surface area contributed by atoms with E-state index >= 15 is 0 Å². The first-order chi connectivity index (χ1) is 10.8. The zero-order valence-corrected chi connectivity index (χ0v) is 12.9. The molecule has 0 aliphatic carbocycles. The van der Waals surface area contributed by atoms with Gasteiger partial charge in [-0.3, -0.25) is 0 Å². The lowest BCUT2D eigenvalue weighted by molar-refractivity contribution is 0.171. The first kappa shape index (κ1) is 13.5. The molecule has 0 saturated heterocycles. The molecule has 0 bridgehead atoms. The van der Waals surface area contributed by atoms with Crippen molar-refractivity contribution in [3.63, 3.8) is 0 Å². The van der Waals surface area contributed by atoms with E-state index in [0.29, 0.717) is 13.2 Å². The molecular formula is C19H20O3. The molecule has 0 radical (unpaired) electrons. The van der Waals surface area contributed by atoms with Crippen LogP contribution < -0.4 is 14.2 Å². The molecule has 0 aromatic heterocycles. The van der Waals surface area contributed by atoms with Crippen LogP contribution >= 0.6 is 0 Å². The van der Waals surface area contributed by atoms with Crippen LogP contribution in [0.4, 0.5) is 0 Å². The lowest BCUT2D eigenvalue weighted by Crippen LogP contribution is -2.15. The van der Waals surface area contributed by atoms with Crippen LogP contribution in [0.15, 0.2) is 30.3 Å². The number of aryl methyl sites for hydroxylation is 2. The van der Waals surface area contributed by atoms with Gasteiger partial charge in [-0.15, -0.1) is 0 Å². The zero-order valence-electron chi connectivity index (χ0n) is 12.9. The molecule has 0 atom stereocenters. The molecule has 0 N–H and O–H groups in total. The second-order valence-electron chi connectivity index (χ2n) is 6.02. The fourth-order valence-electron chi connectivity index (χ4n) is 3.29. The molecule has 2 aromatic carbocycles. The van der Waals surface area contributed by atoms with Gasteiger partial charge in [0.2, 0.25) is 0 Å². The maximum atomic E-state index is 5.94. The van der Waals surface area contributed by atoms with Crippen molar-refractivity contribution < 1.29 is 14.2 Å². The van der Waals surface area contributed by atoms with E-state index in [1.807, 2.05) is 6.07 Å². The molecule has 0 unspecified atom stereocenters. The Morgan fingerprint density at radius 1 is 0.909 bits per heavy atom. The monoisotopic (exact) mass is 296 g/mol. The van der Waals surface area contributed by atoms with Gasteiger partial charge in [0.1, 0.15) is 19.0 Å². The van der Waals surface area contributed by atoms with Crippen molar-refractivity contribution in [3.05, 3.63) is 52.6 Å². The van der Waals surface area contributed by atoms with E-state index in [1.165, 1.54) is 22.3 Å². The minimum Gasteiger partial charge on any atom is -0.493 e. The Labute approximate surface area is 130 Å². The van der Waals surface area contributed by atoms with Gasteiger partial charge in [0.25, 0.3) is 0 Å². The molecule has 0 spiro atoms. The van der Waals surface area contributed by atoms with Crippen LogP contribution in [-0.2, 0) is 12.8 Å². The van der Waals surface area contributed by atoms with E-state index in [-0.39, 0.29) is 0 Å². The van der Waals surface area contributed by atoms with E-state index in [1.54, 1.807) is 0 Å². The Morgan fingerprint density at radius 2 is 1.77 bits per heavy atom. The van der Waals surface area contributed by atoms with E-state index in [0.717, 1.165) is 43.1 Å². The average molecular weight is 296 g/mol. The highest BCUT2D eigenvalue weighted by molar-refractivity contribution is 5.50. The van der Waals surface area contributed by atoms with E-state index < -0.39 is 0 Å². The van der Waals surface area contributed by atoms with Gasteiger partial charge in [0.05, 0.1) is 6.61 Å². The number of rotatable bonds is 2. The highest BCUT2D eigenvalue weighted by atomic mass is 16.6. The number of hydrogen-bond donors (Lipinski definition) is 0. The third-order valence-corrected chi connectivity index (χ3v) is 4.23. The Hall–Kier alpha value is -2.16. The first-order valence-electron chi connectivity index (χ1n) is 7.93. The van der Waals surface area contributed by atoms with Crippen LogP contribution in [0.5, 0.6) is 17.2 Å². The van der Waals surface area contributed by atoms with Crippen LogP contribution in [0.25, 0.3) is 0 Å². The van der Waals surface area contributed by atoms with Gasteiger partial charge in [0, 0.05) is 6.42 Å². The maximum absolute atomic E-state index is 5.94. The van der Waals surface area contributed by atoms with Gasteiger partial charge in [-0.25, -0.2) is 0 Å². The Kier molecular flexibility index (Phi) is 3.41. The molecule has 2 aliphatic heterocycles. The Balaban J connectivity index is 1.67. The Bertz CT molecular complexity index is 706. The normalized spacial score (nSPS) is 15.9. The van der Waals surface area contributed by atoms with E-state index in [2.05, 4.69) is 31.2 Å². The fourth-order valence-corrected chi connectivity index (χ4v) is 3.29. The molecule has 0 fully saturated rings. The number of ether oxygens (including phenoxy) is 3. The first-order valence-corrected chi connectivity index (χ1v) is 7.93. The number of benzene rings is 2. The largest absolute Gasteiger partial charge is 0.493 e. The van der Waals surface area contributed by atoms with Gasteiger partial charge in [-0.05, 0) is 48.6 Å². The number of fused-ring (bicyclic) bond motifs is 2. The Morgan fingerprint density at radius 3 is 2.68 bits per heavy atom. The van der Waals surface area contributed by atoms with Crippen molar-refractivity contribution in [2.45, 2.75) is 26.2 Å². The van der Waals surface area contributed by atoms with Crippen LogP contribution in [0.3, 0.4) is 0 Å². The van der Waals surface area contributed by atoms with Gasteiger partial charge in [-0.2, -0.15) is 0 Å². The standard InChI is InChI=1S/C19H20O3/c1-13-9-15-3-2-6-22-19(15)16(10-13)11-14-4-5-17-18(12-14)21-8-7-20-17/h4-5,9-10,12H,2-3,6-8,11H2,1H3. The predicted octanol–water partition coefficient (Wildman–Crippen LogP) is 3.68. The molecular weight excluding hydrogens is 276 g/mol. The van der Waals surface area contributed by atoms with Crippen molar-refractivity contribution >= 4 is 0 Å². The van der Waals surface area contributed by atoms with Gasteiger partial charge in [0.15, 0.2) is 11.5 Å². The van der Waals surface area contributed by atoms with Crippen LogP contribution in [0, 0.1) is 6.92 Å². The van der Waals surface area contributed by atoms with Gasteiger partial charge < -0.3 is 14.2 Å². The summed E-state index contributed by atoms with van der Waals surface area (Å²) in [6.07, 6.45) is 3.09. The minimum atomic E-state index is 0.624. The molecule has 4 rings (SSSR count). The summed E-state index contributed by atoms with van der Waals surface area (Å²) in [4.78, 5) is 0. The molecule has 3 heteroatoms. The minimum absolute atomic E-state index is 0.624. The molecule has 2 aliphatic rings. The summed E-state index contributed by atoms with van der Waals surface area (Å²) in [5.41, 5.74) is 5.15. The van der Waals surface area contributed by atoms with Crippen molar-refractivity contribution in [3.8, 4) is 17.2 Å². The average Bonchev–Trinajstić information content (AvgIpc) is 2.54. The van der Waals surface area contributed by atoms with Crippen LogP contribution in [0.1, 0.15) is 28.7 Å². The fraction of sp³-hybridized carbons (Fsp3) is 0.368. The lowest BCUT2D eigenvalue weighted by atomic mass is 9.95. The molecule has 0 amide bonds. The SMILES string of the molecule is Cc1cc2c(c(Cc3ccc4c(c3)OCCO4)c1)OCCC2. The summed E-state index contributed by atoms with van der Waals surface area (Å²) >= 11 is 0. The van der Waals surface area contributed by atoms with Crippen molar-refractivity contribution in [2.75, 3.05) is 19.8 Å². The molecule has 2 aromatic rings. The van der Waals surface area contributed by atoms with E-state index in [9.17, 15) is 0 Å². The predicted molar refractivity (Wildman–Crippen MR) is 85.2 cm³/mol. The molecule has 0 saturated carbocycles. The topological polar surface area (TPSA) is 27.7 Å². The summed E-state index contributed by atoms with van der Waals surface area (Å²) in [5, 5.41) is 0. The summed E-state index contributed by atoms with van der Waals surface area (Å²) < 4.78 is 17.2. The smallest absolute Gasteiger partial charge is 0.161 e. The van der Waals surface area contributed by atoms with Gasteiger partial charge in [-0.1, -0.05) is 23.8 Å². The highest BCUT2D eigenvalue weighted by Gasteiger charge is 2.17. The van der Waals surface area contributed by atoms with Crippen molar-refractivity contribution in [1.29, 1.82) is 0 Å². The third-order valence-electron chi connectivity index (χ3n) is 4.23. The maximum Gasteiger partial charge on any atom is 0.161 e. The van der Waals surface area contributed by atoms with Crippen LogP contribution in [0.2, 0.25) is 0 Å². The molecule has 22 heavy (non-hydrogen) atoms. The van der Waals surface area contributed by atoms with Gasteiger partial charge >= 0.3 is 0 Å². The molecule has 2 heterocycles. The summed E-state index contributed by atoms with van der Waals surface area (Å²) in [6.45, 7) is 4.23. The summed E-state index contributed by atoms with van der Waals surface area (Å²) in [5.74, 6) is 2.79. The zero-order chi connectivity index (χ0) is 14.9. The lowest BCUT2D eigenvalue weighted by Gasteiger charge is -2.22. The summed E-state index contributed by atoms with van der Waals surface area (Å²) in [6, 6.07) is 10.7. The molecule has 114 valence electrons.